The van der Waals surface area contributed by atoms with E-state index in [1.165, 1.54) is 38.1 Å². The molecule has 0 aliphatic heterocycles. The van der Waals surface area contributed by atoms with Gasteiger partial charge in [0.15, 0.2) is 6.04 Å². The van der Waals surface area contributed by atoms with Crippen molar-refractivity contribution in [3.63, 3.8) is 0 Å². The Morgan fingerprint density at radius 2 is 1.29 bits per heavy atom. The van der Waals surface area contributed by atoms with E-state index in [0.717, 1.165) is 6.92 Å². The Labute approximate surface area is 196 Å². The predicted molar refractivity (Wildman–Crippen MR) is 118 cm³/mol. The highest BCUT2D eigenvalue weighted by Crippen LogP contribution is 2.12. The van der Waals surface area contributed by atoms with Crippen LogP contribution in [0, 0.1) is 0 Å². The fraction of sp³-hybridized carbons (Fsp3) is 0.524. The van der Waals surface area contributed by atoms with E-state index in [0.29, 0.717) is 5.56 Å². The molecule has 0 fully saturated rings. The minimum Gasteiger partial charge on any atom is -0.508 e. The molecule has 0 heterocycles. The molecule has 1 rings (SSSR count). The van der Waals surface area contributed by atoms with E-state index in [2.05, 4.69) is 10.6 Å². The van der Waals surface area contributed by atoms with E-state index in [1.54, 1.807) is 0 Å². The maximum Gasteiger partial charge on any atom is 0.328 e. The number of rotatable bonds is 12. The summed E-state index contributed by atoms with van der Waals surface area (Å²) in [6, 6.07) is -0.273. The molecule has 190 valence electrons. The number of aliphatic carboxylic acids is 1. The summed E-state index contributed by atoms with van der Waals surface area (Å²) in [7, 11) is 0. The Kier molecular flexibility index (Phi) is 10.9. The van der Waals surface area contributed by atoms with Gasteiger partial charge in [0, 0.05) is 6.42 Å². The number of nitrogens with one attached hydrogen (secondary N) is 3. The van der Waals surface area contributed by atoms with E-state index in [4.69, 9.17) is 10.8 Å². The second kappa shape index (κ2) is 12.8. The van der Waals surface area contributed by atoms with E-state index < -0.39 is 66.2 Å². The van der Waals surface area contributed by atoms with Gasteiger partial charge in [-0.15, -0.1) is 0 Å². The number of nitrogens with two attached hydrogens (primary N) is 1. The van der Waals surface area contributed by atoms with Crippen molar-refractivity contribution in [3.8, 4) is 5.75 Å². The van der Waals surface area contributed by atoms with Crippen LogP contribution in [0.1, 0.15) is 26.3 Å². The first kappa shape index (κ1) is 28.8. The van der Waals surface area contributed by atoms with Gasteiger partial charge in [0.05, 0.1) is 18.3 Å². The van der Waals surface area contributed by atoms with E-state index in [-0.39, 0.29) is 12.2 Å². The summed E-state index contributed by atoms with van der Waals surface area (Å²) in [6.07, 6.45) is -4.27. The first-order valence-electron chi connectivity index (χ1n) is 10.5. The molecular formula is C21H32N4O9. The molecule has 7 unspecified atom stereocenters. The normalized spacial score (nSPS) is 17.3. The molecule has 0 bridgehead atoms. The number of phenolic OH excluding ortho intramolecular Hbond substituents is 1. The van der Waals surface area contributed by atoms with Gasteiger partial charge >= 0.3 is 5.97 Å². The smallest absolute Gasteiger partial charge is 0.328 e. The van der Waals surface area contributed by atoms with Gasteiger partial charge in [-0.3, -0.25) is 14.4 Å². The van der Waals surface area contributed by atoms with Gasteiger partial charge in [0.25, 0.3) is 0 Å². The van der Waals surface area contributed by atoms with Gasteiger partial charge in [-0.05, 0) is 38.5 Å². The summed E-state index contributed by atoms with van der Waals surface area (Å²) < 4.78 is 0. The summed E-state index contributed by atoms with van der Waals surface area (Å²) in [5.74, 6) is -4.39. The van der Waals surface area contributed by atoms with Gasteiger partial charge in [-0.1, -0.05) is 12.1 Å². The zero-order valence-electron chi connectivity index (χ0n) is 19.0. The highest BCUT2D eigenvalue weighted by Gasteiger charge is 2.34. The summed E-state index contributed by atoms with van der Waals surface area (Å²) in [5, 5.41) is 54.4. The lowest BCUT2D eigenvalue weighted by molar-refractivity contribution is -0.146. The number of aliphatic hydroxyl groups excluding tert-OH is 3. The Morgan fingerprint density at radius 1 is 0.794 bits per heavy atom. The molecule has 34 heavy (non-hydrogen) atoms. The number of amides is 3. The van der Waals surface area contributed by atoms with Crippen molar-refractivity contribution < 1.29 is 44.7 Å². The molecule has 1 aromatic rings. The van der Waals surface area contributed by atoms with Crippen molar-refractivity contribution in [2.75, 3.05) is 0 Å². The maximum atomic E-state index is 13.0. The highest BCUT2D eigenvalue weighted by atomic mass is 16.4. The zero-order chi connectivity index (χ0) is 26.2. The van der Waals surface area contributed by atoms with E-state index in [1.807, 2.05) is 5.32 Å². The highest BCUT2D eigenvalue weighted by molar-refractivity contribution is 5.94. The lowest BCUT2D eigenvalue weighted by atomic mass is 10.0. The number of carboxylic acid groups (broad SMARTS) is 1. The molecule has 10 N–H and O–H groups in total. The predicted octanol–water partition coefficient (Wildman–Crippen LogP) is -3.06. The Morgan fingerprint density at radius 3 is 1.74 bits per heavy atom. The second-order valence-electron chi connectivity index (χ2n) is 7.99. The quantitative estimate of drug-likeness (QED) is 0.145. The molecule has 0 aromatic heterocycles. The largest absolute Gasteiger partial charge is 0.508 e. The summed E-state index contributed by atoms with van der Waals surface area (Å²) in [5.41, 5.74) is 6.14. The molecule has 0 saturated carbocycles. The number of carbonyl (C=O) groups is 4. The van der Waals surface area contributed by atoms with Gasteiger partial charge in [-0.25, -0.2) is 4.79 Å². The second-order valence-corrected chi connectivity index (χ2v) is 7.99. The van der Waals surface area contributed by atoms with Crippen molar-refractivity contribution >= 4 is 23.7 Å². The average Bonchev–Trinajstić information content (AvgIpc) is 2.74. The summed E-state index contributed by atoms with van der Waals surface area (Å²) in [4.78, 5) is 49.1. The van der Waals surface area contributed by atoms with Crippen LogP contribution in [-0.4, -0.2) is 91.7 Å². The summed E-state index contributed by atoms with van der Waals surface area (Å²) in [6.45, 7) is 3.61. The first-order valence-corrected chi connectivity index (χ1v) is 10.5. The molecule has 7 atom stereocenters. The fourth-order valence-electron chi connectivity index (χ4n) is 2.85. The van der Waals surface area contributed by atoms with Crippen molar-refractivity contribution in [1.82, 2.24) is 16.0 Å². The van der Waals surface area contributed by atoms with Crippen LogP contribution in [-0.2, 0) is 25.6 Å². The van der Waals surface area contributed by atoms with Crippen LogP contribution in [0.4, 0.5) is 0 Å². The maximum absolute atomic E-state index is 13.0. The SMILES string of the molecule is CC(O)C(N)C(=O)NC(Cc1ccc(O)cc1)C(=O)NC(C(=O)NC(C(=O)O)C(C)O)C(C)O. The van der Waals surface area contributed by atoms with Crippen LogP contribution in [0.25, 0.3) is 0 Å². The number of carbonyl (C=O) groups excluding carboxylic acids is 3. The van der Waals surface area contributed by atoms with Crippen molar-refractivity contribution in [1.29, 1.82) is 0 Å². The van der Waals surface area contributed by atoms with Gasteiger partial charge in [-0.2, -0.15) is 0 Å². The Hall–Kier alpha value is -3.26. The fourth-order valence-corrected chi connectivity index (χ4v) is 2.85. The number of benzene rings is 1. The van der Waals surface area contributed by atoms with E-state index >= 15 is 0 Å². The Bertz CT molecular complexity index is 858. The molecule has 0 saturated heterocycles. The number of hydrogen-bond acceptors (Lipinski definition) is 9. The third kappa shape index (κ3) is 8.59. The van der Waals surface area contributed by atoms with Crippen LogP contribution < -0.4 is 21.7 Å². The minimum absolute atomic E-state index is 0.0261. The van der Waals surface area contributed by atoms with Gasteiger partial charge in [0.2, 0.25) is 17.7 Å². The number of carboxylic acids is 1. The lowest BCUT2D eigenvalue weighted by Gasteiger charge is -2.27. The number of aliphatic hydroxyl groups is 3. The van der Waals surface area contributed by atoms with Gasteiger partial charge < -0.3 is 47.2 Å². The first-order chi connectivity index (χ1) is 15.7. The molecule has 0 aliphatic carbocycles. The van der Waals surface area contributed by atoms with Crippen LogP contribution in [0.5, 0.6) is 5.75 Å². The third-order valence-electron chi connectivity index (χ3n) is 4.94. The van der Waals surface area contributed by atoms with Crippen LogP contribution >= 0.6 is 0 Å². The molecule has 0 radical (unpaired) electrons. The number of aromatic hydroxyl groups is 1. The molecule has 0 aliphatic rings. The lowest BCUT2D eigenvalue weighted by Crippen LogP contribution is -2.61. The van der Waals surface area contributed by atoms with Crippen LogP contribution in [0.2, 0.25) is 0 Å². The van der Waals surface area contributed by atoms with Crippen molar-refractivity contribution in [2.45, 2.75) is 69.7 Å². The molecule has 3 amide bonds. The Balaban J connectivity index is 3.11. The molecule has 13 nitrogen and oxygen atoms in total. The number of phenols is 1. The zero-order valence-corrected chi connectivity index (χ0v) is 19.0. The minimum atomic E-state index is -1.69. The van der Waals surface area contributed by atoms with Gasteiger partial charge in [0.1, 0.15) is 23.9 Å². The third-order valence-corrected chi connectivity index (χ3v) is 4.94. The molecule has 0 spiro atoms. The molecular weight excluding hydrogens is 452 g/mol. The standard InChI is InChI=1S/C21H32N4O9/c1-9(26)15(22)19(31)23-14(8-12-4-6-13(29)7-5-12)18(30)24-16(10(2)27)20(32)25-17(11(3)28)21(33)34/h4-7,9-11,14-17,26-29H,8,22H2,1-3H3,(H,23,31)(H,24,30)(H,25,32)(H,33,34). The average molecular weight is 485 g/mol. The van der Waals surface area contributed by atoms with Crippen molar-refractivity contribution in [2.24, 2.45) is 5.73 Å². The molecule has 1 aromatic carbocycles. The van der Waals surface area contributed by atoms with Crippen LogP contribution in [0.15, 0.2) is 24.3 Å². The number of hydrogen-bond donors (Lipinski definition) is 9. The monoisotopic (exact) mass is 484 g/mol. The van der Waals surface area contributed by atoms with E-state index in [9.17, 15) is 39.6 Å². The van der Waals surface area contributed by atoms with Crippen molar-refractivity contribution in [3.05, 3.63) is 29.8 Å². The molecule has 13 heteroatoms. The summed E-state index contributed by atoms with van der Waals surface area (Å²) >= 11 is 0. The van der Waals surface area contributed by atoms with Crippen LogP contribution in [0.3, 0.4) is 0 Å². The topological polar surface area (TPSA) is 232 Å².